The zero-order valence-electron chi connectivity index (χ0n) is 12.1. The molecule has 1 aromatic rings. The molecule has 3 amide bonds. The lowest BCUT2D eigenvalue weighted by Crippen LogP contribution is -2.34. The number of benzene rings is 1. The van der Waals surface area contributed by atoms with Gasteiger partial charge in [-0.2, -0.15) is 0 Å². The zero-order valence-corrected chi connectivity index (χ0v) is 12.1. The summed E-state index contributed by atoms with van der Waals surface area (Å²) in [6.45, 7) is 4.51. The Hall–Kier alpha value is -2.57. The highest BCUT2D eigenvalue weighted by Crippen LogP contribution is 2.11. The van der Waals surface area contributed by atoms with Crippen LogP contribution in [-0.4, -0.2) is 42.5 Å². The van der Waals surface area contributed by atoms with E-state index in [9.17, 15) is 14.4 Å². The van der Waals surface area contributed by atoms with E-state index in [0.717, 1.165) is 0 Å². The average molecular weight is 293 g/mol. The lowest BCUT2D eigenvalue weighted by Gasteiger charge is -2.18. The van der Waals surface area contributed by atoms with E-state index in [1.807, 2.05) is 13.8 Å². The van der Waals surface area contributed by atoms with Crippen molar-refractivity contribution in [1.82, 2.24) is 4.90 Å². The molecule has 0 aliphatic carbocycles. The largest absolute Gasteiger partial charge is 0.452 e. The van der Waals surface area contributed by atoms with Crippen LogP contribution < -0.4 is 11.1 Å². The van der Waals surface area contributed by atoms with Crippen molar-refractivity contribution < 1.29 is 19.1 Å². The van der Waals surface area contributed by atoms with Gasteiger partial charge in [-0.15, -0.1) is 0 Å². The number of nitrogens with one attached hydrogen (secondary N) is 1. The van der Waals surface area contributed by atoms with Crippen LogP contribution in [0.15, 0.2) is 24.3 Å². The number of nitrogens with two attached hydrogens (primary N) is 1. The molecule has 1 aromatic carbocycles. The molecule has 7 heteroatoms. The smallest absolute Gasteiger partial charge is 0.338 e. The first-order chi connectivity index (χ1) is 9.97. The molecule has 0 atom stereocenters. The summed E-state index contributed by atoms with van der Waals surface area (Å²) < 4.78 is 4.96. The molecule has 0 bridgehead atoms. The Morgan fingerprint density at radius 1 is 1.24 bits per heavy atom. The first-order valence-electron chi connectivity index (χ1n) is 6.59. The number of hydrogen-bond acceptors (Lipinski definition) is 4. The number of carbonyl (C=O) groups excluding carboxylic acids is 3. The minimum Gasteiger partial charge on any atom is -0.452 e. The van der Waals surface area contributed by atoms with Crippen molar-refractivity contribution in [2.24, 2.45) is 5.73 Å². The monoisotopic (exact) mass is 293 g/mol. The van der Waals surface area contributed by atoms with Crippen LogP contribution in [0.4, 0.5) is 10.5 Å². The molecule has 7 nitrogen and oxygen atoms in total. The van der Waals surface area contributed by atoms with Gasteiger partial charge in [0.2, 0.25) is 0 Å². The fourth-order valence-electron chi connectivity index (χ4n) is 1.74. The Morgan fingerprint density at radius 3 is 2.48 bits per heavy atom. The van der Waals surface area contributed by atoms with Crippen molar-refractivity contribution >= 4 is 23.6 Å². The highest BCUT2D eigenvalue weighted by atomic mass is 16.5. The normalized spacial score (nSPS) is 9.81. The van der Waals surface area contributed by atoms with E-state index >= 15 is 0 Å². The van der Waals surface area contributed by atoms with Crippen LogP contribution >= 0.6 is 0 Å². The second-order valence-electron chi connectivity index (χ2n) is 4.21. The van der Waals surface area contributed by atoms with Crippen molar-refractivity contribution in [3.63, 3.8) is 0 Å². The first kappa shape index (κ1) is 16.5. The Kier molecular flexibility index (Phi) is 6.19. The second kappa shape index (κ2) is 7.88. The number of urea groups is 1. The van der Waals surface area contributed by atoms with Gasteiger partial charge in [0.15, 0.2) is 6.61 Å². The Labute approximate surface area is 123 Å². The van der Waals surface area contributed by atoms with Gasteiger partial charge >= 0.3 is 12.0 Å². The minimum atomic E-state index is -0.725. The lowest BCUT2D eigenvalue weighted by molar-refractivity contribution is -0.134. The van der Waals surface area contributed by atoms with E-state index in [1.54, 1.807) is 17.0 Å². The van der Waals surface area contributed by atoms with Crippen molar-refractivity contribution in [2.45, 2.75) is 13.8 Å². The number of anilines is 1. The molecule has 0 radical (unpaired) electrons. The summed E-state index contributed by atoms with van der Waals surface area (Å²) in [5.41, 5.74) is 5.61. The van der Waals surface area contributed by atoms with Crippen LogP contribution in [0.1, 0.15) is 24.2 Å². The van der Waals surface area contributed by atoms with Gasteiger partial charge in [-0.05, 0) is 32.0 Å². The predicted molar refractivity (Wildman–Crippen MR) is 77.9 cm³/mol. The Balaban J connectivity index is 2.63. The topological polar surface area (TPSA) is 102 Å². The van der Waals surface area contributed by atoms with E-state index < -0.39 is 12.0 Å². The van der Waals surface area contributed by atoms with E-state index in [0.29, 0.717) is 18.8 Å². The molecule has 0 unspecified atom stereocenters. The molecule has 0 aliphatic rings. The molecular weight excluding hydrogens is 274 g/mol. The van der Waals surface area contributed by atoms with E-state index in [-0.39, 0.29) is 18.1 Å². The number of esters is 1. The van der Waals surface area contributed by atoms with Crippen molar-refractivity contribution in [3.05, 3.63) is 29.8 Å². The number of amides is 3. The molecule has 3 N–H and O–H groups in total. The molecule has 0 aromatic heterocycles. The summed E-state index contributed by atoms with van der Waals surface area (Å²) in [5.74, 6) is -0.886. The van der Waals surface area contributed by atoms with Gasteiger partial charge in [0.05, 0.1) is 5.56 Å². The van der Waals surface area contributed by atoms with Crippen LogP contribution in [0.2, 0.25) is 0 Å². The standard InChI is InChI=1S/C14H19N3O4/c1-3-17(4-2)12(18)9-21-13(19)10-6-5-7-11(8-10)16-14(15)20/h5-8H,3-4,9H2,1-2H3,(H3,15,16,20). The fourth-order valence-corrected chi connectivity index (χ4v) is 1.74. The third-order valence-electron chi connectivity index (χ3n) is 2.81. The summed E-state index contributed by atoms with van der Waals surface area (Å²) in [6, 6.07) is 5.39. The molecule has 0 fully saturated rings. The summed E-state index contributed by atoms with van der Waals surface area (Å²) in [7, 11) is 0. The summed E-state index contributed by atoms with van der Waals surface area (Å²) in [5, 5.41) is 2.36. The van der Waals surface area contributed by atoms with Gasteiger partial charge in [0.25, 0.3) is 5.91 Å². The highest BCUT2D eigenvalue weighted by Gasteiger charge is 2.14. The molecule has 21 heavy (non-hydrogen) atoms. The molecule has 0 aliphatic heterocycles. The molecule has 0 saturated carbocycles. The third kappa shape index (κ3) is 5.13. The minimum absolute atomic E-state index is 0.230. The van der Waals surface area contributed by atoms with Gasteiger partial charge in [0, 0.05) is 18.8 Å². The maximum atomic E-state index is 11.8. The number of nitrogens with zero attached hydrogens (tertiary/aromatic N) is 1. The van der Waals surface area contributed by atoms with Crippen LogP contribution in [0.3, 0.4) is 0 Å². The first-order valence-corrected chi connectivity index (χ1v) is 6.59. The van der Waals surface area contributed by atoms with E-state index in [4.69, 9.17) is 10.5 Å². The third-order valence-corrected chi connectivity index (χ3v) is 2.81. The Morgan fingerprint density at radius 2 is 1.90 bits per heavy atom. The number of carbonyl (C=O) groups is 3. The fraction of sp³-hybridized carbons (Fsp3) is 0.357. The maximum absolute atomic E-state index is 11.8. The van der Waals surface area contributed by atoms with Gasteiger partial charge in [-0.3, -0.25) is 4.79 Å². The number of hydrogen-bond donors (Lipinski definition) is 2. The second-order valence-corrected chi connectivity index (χ2v) is 4.21. The van der Waals surface area contributed by atoms with Gasteiger partial charge in [-0.1, -0.05) is 6.07 Å². The summed E-state index contributed by atoms with van der Waals surface area (Å²) >= 11 is 0. The molecule has 0 heterocycles. The molecule has 1 rings (SSSR count). The molecule has 0 saturated heterocycles. The zero-order chi connectivity index (χ0) is 15.8. The average Bonchev–Trinajstić information content (AvgIpc) is 2.45. The van der Waals surface area contributed by atoms with Gasteiger partial charge in [-0.25, -0.2) is 9.59 Å². The number of rotatable bonds is 6. The van der Waals surface area contributed by atoms with Crippen molar-refractivity contribution in [2.75, 3.05) is 25.0 Å². The maximum Gasteiger partial charge on any atom is 0.338 e. The number of likely N-dealkylation sites (N-methyl/N-ethyl adjacent to an activating group) is 1. The SMILES string of the molecule is CCN(CC)C(=O)COC(=O)c1cccc(NC(N)=O)c1. The molecular formula is C14H19N3O4. The van der Waals surface area contributed by atoms with E-state index in [2.05, 4.69) is 5.32 Å². The number of ether oxygens (including phenoxy) is 1. The van der Waals surface area contributed by atoms with Crippen molar-refractivity contribution in [3.8, 4) is 0 Å². The van der Waals surface area contributed by atoms with Crippen LogP contribution in [0, 0.1) is 0 Å². The van der Waals surface area contributed by atoms with Gasteiger partial charge in [0.1, 0.15) is 0 Å². The summed E-state index contributed by atoms with van der Waals surface area (Å²) in [4.78, 5) is 35.9. The van der Waals surface area contributed by atoms with Gasteiger partial charge < -0.3 is 20.7 Å². The number of primary amides is 1. The Bertz CT molecular complexity index is 527. The summed E-state index contributed by atoms with van der Waals surface area (Å²) in [6.07, 6.45) is 0. The predicted octanol–water partition coefficient (Wildman–Crippen LogP) is 1.20. The molecule has 114 valence electrons. The lowest BCUT2D eigenvalue weighted by atomic mass is 10.2. The van der Waals surface area contributed by atoms with Crippen LogP contribution in [0.5, 0.6) is 0 Å². The molecule has 0 spiro atoms. The van der Waals surface area contributed by atoms with Crippen molar-refractivity contribution in [1.29, 1.82) is 0 Å². The van der Waals surface area contributed by atoms with Crippen LogP contribution in [0.25, 0.3) is 0 Å². The quantitative estimate of drug-likeness (QED) is 0.769. The highest BCUT2D eigenvalue weighted by molar-refractivity contribution is 5.94. The van der Waals surface area contributed by atoms with Crippen LogP contribution in [-0.2, 0) is 9.53 Å². The van der Waals surface area contributed by atoms with E-state index in [1.165, 1.54) is 12.1 Å².